The first-order valence-corrected chi connectivity index (χ1v) is 7.91. The van der Waals surface area contributed by atoms with Crippen LogP contribution in [0.4, 0.5) is 0 Å². The summed E-state index contributed by atoms with van der Waals surface area (Å²) in [5.41, 5.74) is 2.21. The standard InChI is InChI=1S/C17H27NO4/c1-13-4-3-5-14(17(13)20-2)10-18-11-15(19)12-22-16-6-8-21-9-7-16/h3-5,15-16,18-19H,6-12H2,1-2H3. The highest BCUT2D eigenvalue weighted by molar-refractivity contribution is 5.40. The average molecular weight is 309 g/mol. The molecule has 0 amide bonds. The van der Waals surface area contributed by atoms with Gasteiger partial charge in [0.05, 0.1) is 25.9 Å². The summed E-state index contributed by atoms with van der Waals surface area (Å²) in [6.07, 6.45) is 1.56. The lowest BCUT2D eigenvalue weighted by atomic mass is 10.1. The molecule has 1 saturated heterocycles. The molecule has 1 fully saturated rings. The van der Waals surface area contributed by atoms with Crippen molar-refractivity contribution in [2.24, 2.45) is 0 Å². The zero-order valence-corrected chi connectivity index (χ0v) is 13.5. The fourth-order valence-corrected chi connectivity index (χ4v) is 2.67. The number of nitrogens with one attached hydrogen (secondary N) is 1. The molecule has 1 atom stereocenters. The molecule has 5 nitrogen and oxygen atoms in total. The Morgan fingerprint density at radius 1 is 1.36 bits per heavy atom. The Labute approximate surface area is 132 Å². The Morgan fingerprint density at radius 2 is 2.14 bits per heavy atom. The summed E-state index contributed by atoms with van der Waals surface area (Å²) in [6.45, 7) is 5.07. The normalized spacial score (nSPS) is 17.4. The third-order valence-electron chi connectivity index (χ3n) is 3.89. The second kappa shape index (κ2) is 9.10. The van der Waals surface area contributed by atoms with Crippen molar-refractivity contribution in [1.82, 2.24) is 5.32 Å². The molecule has 2 rings (SSSR count). The van der Waals surface area contributed by atoms with Crippen LogP contribution in [0.2, 0.25) is 0 Å². The first-order chi connectivity index (χ1) is 10.7. The molecule has 1 heterocycles. The number of hydrogen-bond acceptors (Lipinski definition) is 5. The highest BCUT2D eigenvalue weighted by Gasteiger charge is 2.16. The van der Waals surface area contributed by atoms with Gasteiger partial charge in [-0.15, -0.1) is 0 Å². The minimum Gasteiger partial charge on any atom is -0.496 e. The summed E-state index contributed by atoms with van der Waals surface area (Å²) < 4.78 is 16.4. The lowest BCUT2D eigenvalue weighted by Gasteiger charge is -2.23. The van der Waals surface area contributed by atoms with E-state index < -0.39 is 6.10 Å². The maximum absolute atomic E-state index is 9.99. The molecule has 0 spiro atoms. The van der Waals surface area contributed by atoms with Gasteiger partial charge >= 0.3 is 0 Å². The molecule has 124 valence electrons. The third-order valence-corrected chi connectivity index (χ3v) is 3.89. The summed E-state index contributed by atoms with van der Waals surface area (Å²) >= 11 is 0. The van der Waals surface area contributed by atoms with E-state index in [4.69, 9.17) is 14.2 Å². The average Bonchev–Trinajstić information content (AvgIpc) is 2.54. The van der Waals surface area contributed by atoms with Crippen molar-refractivity contribution in [3.63, 3.8) is 0 Å². The van der Waals surface area contributed by atoms with Gasteiger partial charge < -0.3 is 24.6 Å². The van der Waals surface area contributed by atoms with E-state index in [1.807, 2.05) is 25.1 Å². The van der Waals surface area contributed by atoms with Crippen molar-refractivity contribution in [2.45, 2.75) is 38.5 Å². The van der Waals surface area contributed by atoms with Gasteiger partial charge in [-0.3, -0.25) is 0 Å². The molecule has 1 aliphatic heterocycles. The molecule has 0 bridgehead atoms. The quantitative estimate of drug-likeness (QED) is 0.764. The predicted octanol–water partition coefficient (Wildman–Crippen LogP) is 1.65. The van der Waals surface area contributed by atoms with Gasteiger partial charge in [0.1, 0.15) is 5.75 Å². The lowest BCUT2D eigenvalue weighted by molar-refractivity contribution is -0.0585. The van der Waals surface area contributed by atoms with E-state index in [2.05, 4.69) is 5.32 Å². The second-order valence-electron chi connectivity index (χ2n) is 5.70. The molecule has 0 aliphatic carbocycles. The van der Waals surface area contributed by atoms with Crippen molar-refractivity contribution in [3.8, 4) is 5.75 Å². The third kappa shape index (κ3) is 5.25. The van der Waals surface area contributed by atoms with Gasteiger partial charge in [0, 0.05) is 31.9 Å². The minimum absolute atomic E-state index is 0.222. The van der Waals surface area contributed by atoms with Crippen LogP contribution in [-0.2, 0) is 16.0 Å². The van der Waals surface area contributed by atoms with Crippen molar-refractivity contribution in [3.05, 3.63) is 29.3 Å². The summed E-state index contributed by atoms with van der Waals surface area (Å²) in [6, 6.07) is 6.07. The van der Waals surface area contributed by atoms with Gasteiger partial charge in [-0.25, -0.2) is 0 Å². The predicted molar refractivity (Wildman–Crippen MR) is 85.2 cm³/mol. The van der Waals surface area contributed by atoms with Gasteiger partial charge in [-0.1, -0.05) is 18.2 Å². The SMILES string of the molecule is COc1c(C)cccc1CNCC(O)COC1CCOCC1. The number of benzene rings is 1. The van der Waals surface area contributed by atoms with E-state index in [0.717, 1.165) is 42.9 Å². The van der Waals surface area contributed by atoms with Crippen LogP contribution in [0.1, 0.15) is 24.0 Å². The number of aryl methyl sites for hydroxylation is 1. The number of ether oxygens (including phenoxy) is 3. The molecule has 1 aliphatic rings. The smallest absolute Gasteiger partial charge is 0.126 e. The maximum atomic E-state index is 9.99. The zero-order valence-electron chi connectivity index (χ0n) is 13.5. The first kappa shape index (κ1) is 17.2. The molecule has 22 heavy (non-hydrogen) atoms. The van der Waals surface area contributed by atoms with E-state index >= 15 is 0 Å². The molecule has 5 heteroatoms. The van der Waals surface area contributed by atoms with Crippen LogP contribution in [-0.4, -0.2) is 50.8 Å². The van der Waals surface area contributed by atoms with Crippen LogP contribution in [0, 0.1) is 6.92 Å². The number of hydrogen-bond donors (Lipinski definition) is 2. The van der Waals surface area contributed by atoms with Crippen molar-refractivity contribution in [2.75, 3.05) is 33.5 Å². The molecule has 0 aromatic heterocycles. The van der Waals surface area contributed by atoms with Gasteiger partial charge in [-0.2, -0.15) is 0 Å². The topological polar surface area (TPSA) is 60.0 Å². The van der Waals surface area contributed by atoms with Crippen molar-refractivity contribution in [1.29, 1.82) is 0 Å². The molecular weight excluding hydrogens is 282 g/mol. The van der Waals surface area contributed by atoms with Gasteiger partial charge in [0.2, 0.25) is 0 Å². The van der Waals surface area contributed by atoms with E-state index in [1.54, 1.807) is 7.11 Å². The van der Waals surface area contributed by atoms with Gasteiger partial charge in [0.15, 0.2) is 0 Å². The van der Waals surface area contributed by atoms with Crippen LogP contribution in [0.15, 0.2) is 18.2 Å². The van der Waals surface area contributed by atoms with Crippen LogP contribution >= 0.6 is 0 Å². The number of aliphatic hydroxyl groups excluding tert-OH is 1. The first-order valence-electron chi connectivity index (χ1n) is 7.91. The van der Waals surface area contributed by atoms with Crippen LogP contribution < -0.4 is 10.1 Å². The van der Waals surface area contributed by atoms with Gasteiger partial charge in [0.25, 0.3) is 0 Å². The summed E-state index contributed by atoms with van der Waals surface area (Å²) in [7, 11) is 1.68. The highest BCUT2D eigenvalue weighted by Crippen LogP contribution is 2.22. The van der Waals surface area contributed by atoms with Crippen molar-refractivity contribution >= 4 is 0 Å². The Bertz CT molecular complexity index is 446. The Balaban J connectivity index is 1.68. The van der Waals surface area contributed by atoms with E-state index in [-0.39, 0.29) is 6.10 Å². The number of para-hydroxylation sites is 1. The Morgan fingerprint density at radius 3 is 2.86 bits per heavy atom. The number of methoxy groups -OCH3 is 1. The van der Waals surface area contributed by atoms with E-state index in [0.29, 0.717) is 19.7 Å². The zero-order chi connectivity index (χ0) is 15.8. The molecule has 0 radical (unpaired) electrons. The number of rotatable bonds is 8. The van der Waals surface area contributed by atoms with Crippen molar-refractivity contribution < 1.29 is 19.3 Å². The van der Waals surface area contributed by atoms with Crippen LogP contribution in [0.25, 0.3) is 0 Å². The fraction of sp³-hybridized carbons (Fsp3) is 0.647. The molecule has 0 saturated carbocycles. The molecular formula is C17H27NO4. The monoisotopic (exact) mass is 309 g/mol. The number of aliphatic hydroxyl groups is 1. The summed E-state index contributed by atoms with van der Waals surface area (Å²) in [5, 5.41) is 13.2. The highest BCUT2D eigenvalue weighted by atomic mass is 16.5. The minimum atomic E-state index is -0.501. The molecule has 2 N–H and O–H groups in total. The van der Waals surface area contributed by atoms with Gasteiger partial charge in [-0.05, 0) is 25.3 Å². The summed E-state index contributed by atoms with van der Waals surface area (Å²) in [4.78, 5) is 0. The van der Waals surface area contributed by atoms with E-state index in [9.17, 15) is 5.11 Å². The maximum Gasteiger partial charge on any atom is 0.126 e. The second-order valence-corrected chi connectivity index (χ2v) is 5.70. The molecule has 1 unspecified atom stereocenters. The Kier molecular flexibility index (Phi) is 7.12. The van der Waals surface area contributed by atoms with E-state index in [1.165, 1.54) is 0 Å². The molecule has 1 aromatic rings. The molecule has 1 aromatic carbocycles. The largest absolute Gasteiger partial charge is 0.496 e. The van der Waals surface area contributed by atoms with Crippen LogP contribution in [0.3, 0.4) is 0 Å². The van der Waals surface area contributed by atoms with Crippen LogP contribution in [0.5, 0.6) is 5.75 Å². The lowest BCUT2D eigenvalue weighted by Crippen LogP contribution is -2.33. The fourth-order valence-electron chi connectivity index (χ4n) is 2.67. The Hall–Kier alpha value is -1.14. The summed E-state index contributed by atoms with van der Waals surface area (Å²) in [5.74, 6) is 0.906.